The molecule has 7 nitrogen and oxygen atoms in total. The van der Waals surface area contributed by atoms with Crippen molar-refractivity contribution in [2.75, 3.05) is 6.54 Å². The van der Waals surface area contributed by atoms with E-state index in [9.17, 15) is 14.7 Å². The van der Waals surface area contributed by atoms with Crippen molar-refractivity contribution in [1.29, 1.82) is 0 Å². The van der Waals surface area contributed by atoms with Crippen molar-refractivity contribution < 1.29 is 14.7 Å². The van der Waals surface area contributed by atoms with Crippen molar-refractivity contribution >= 4 is 11.9 Å². The zero-order valence-corrected chi connectivity index (χ0v) is 13.1. The summed E-state index contributed by atoms with van der Waals surface area (Å²) in [6.45, 7) is 7.99. The lowest BCUT2D eigenvalue weighted by molar-refractivity contribution is -0.142. The molecule has 0 aliphatic rings. The number of carboxylic acids is 1. The molecule has 0 saturated carbocycles. The van der Waals surface area contributed by atoms with Crippen LogP contribution in [0.15, 0.2) is 0 Å². The number of nitrogens with one attached hydrogen (secondary N) is 2. The molecule has 3 N–H and O–H groups in total. The van der Waals surface area contributed by atoms with Gasteiger partial charge in [-0.15, -0.1) is 5.10 Å². The van der Waals surface area contributed by atoms with Gasteiger partial charge in [0, 0.05) is 13.0 Å². The zero-order chi connectivity index (χ0) is 16.0. The van der Waals surface area contributed by atoms with E-state index in [0.717, 1.165) is 12.8 Å². The Balaban J connectivity index is 2.58. The molecule has 0 aromatic carbocycles. The number of hydrogen-bond donors (Lipinski definition) is 3. The average Bonchev–Trinajstić information content (AvgIpc) is 2.81. The first-order chi connectivity index (χ1) is 9.73. The largest absolute Gasteiger partial charge is 0.481 e. The highest BCUT2D eigenvalue weighted by Crippen LogP contribution is 2.24. The molecule has 1 heterocycles. The van der Waals surface area contributed by atoms with Crippen LogP contribution in [0, 0.1) is 11.3 Å². The van der Waals surface area contributed by atoms with Gasteiger partial charge in [-0.25, -0.2) is 4.98 Å². The molecular weight excluding hydrogens is 272 g/mol. The maximum absolute atomic E-state index is 11.9. The Morgan fingerprint density at radius 2 is 2.05 bits per heavy atom. The summed E-state index contributed by atoms with van der Waals surface area (Å²) in [4.78, 5) is 27.2. The standard InChI is InChI=1S/C14H24N4O3/c1-5-6-10-16-11(18-17-10)12(19)15-8-9(13(20)21)7-14(2,3)4/h9H,5-8H2,1-4H3,(H,15,19)(H,20,21)(H,16,17,18). The molecule has 1 rings (SSSR count). The number of carboxylic acid groups (broad SMARTS) is 1. The summed E-state index contributed by atoms with van der Waals surface area (Å²) in [6.07, 6.45) is 2.11. The number of nitrogens with zero attached hydrogens (tertiary/aromatic N) is 2. The third-order valence-electron chi connectivity index (χ3n) is 2.94. The summed E-state index contributed by atoms with van der Waals surface area (Å²) >= 11 is 0. The van der Waals surface area contributed by atoms with Crippen LogP contribution >= 0.6 is 0 Å². The monoisotopic (exact) mass is 296 g/mol. The minimum atomic E-state index is -0.910. The Kier molecular flexibility index (Phi) is 5.87. The molecule has 1 unspecified atom stereocenters. The average molecular weight is 296 g/mol. The molecule has 0 saturated heterocycles. The number of H-pyrrole nitrogens is 1. The Labute approximate surface area is 124 Å². The molecule has 1 atom stereocenters. The number of aryl methyl sites for hydroxylation is 1. The fourth-order valence-corrected chi connectivity index (χ4v) is 2.03. The number of rotatable bonds is 7. The first-order valence-electron chi connectivity index (χ1n) is 7.15. The van der Waals surface area contributed by atoms with E-state index in [4.69, 9.17) is 0 Å². The molecular formula is C14H24N4O3. The summed E-state index contributed by atoms with van der Waals surface area (Å²) in [5.41, 5.74) is -0.118. The molecule has 0 spiro atoms. The Bertz CT molecular complexity index is 491. The number of carbonyl (C=O) groups excluding carboxylic acids is 1. The Morgan fingerprint density at radius 1 is 1.38 bits per heavy atom. The maximum atomic E-state index is 11.9. The molecule has 21 heavy (non-hydrogen) atoms. The van der Waals surface area contributed by atoms with Crippen LogP contribution in [0.4, 0.5) is 0 Å². The van der Waals surface area contributed by atoms with Gasteiger partial charge in [-0.2, -0.15) is 0 Å². The number of hydrogen-bond acceptors (Lipinski definition) is 4. The fraction of sp³-hybridized carbons (Fsp3) is 0.714. The van der Waals surface area contributed by atoms with Crippen molar-refractivity contribution in [3.8, 4) is 0 Å². The van der Waals surface area contributed by atoms with Gasteiger partial charge in [0.05, 0.1) is 5.92 Å². The number of aliphatic carboxylic acids is 1. The van der Waals surface area contributed by atoms with E-state index in [1.54, 1.807) is 0 Å². The second-order valence-electron chi connectivity index (χ2n) is 6.37. The van der Waals surface area contributed by atoms with Crippen LogP contribution in [0.1, 0.15) is 57.0 Å². The summed E-state index contributed by atoms with van der Waals surface area (Å²) in [5.74, 6) is -1.27. The molecule has 7 heteroatoms. The van der Waals surface area contributed by atoms with Crippen molar-refractivity contribution in [2.24, 2.45) is 11.3 Å². The third kappa shape index (κ3) is 5.93. The van der Waals surface area contributed by atoms with Gasteiger partial charge in [0.25, 0.3) is 5.91 Å². The van der Waals surface area contributed by atoms with Crippen LogP contribution < -0.4 is 5.32 Å². The van der Waals surface area contributed by atoms with Gasteiger partial charge < -0.3 is 10.4 Å². The maximum Gasteiger partial charge on any atom is 0.308 e. The number of aromatic nitrogens is 3. The summed E-state index contributed by atoms with van der Waals surface area (Å²) in [5, 5.41) is 18.3. The Morgan fingerprint density at radius 3 is 2.57 bits per heavy atom. The fourth-order valence-electron chi connectivity index (χ4n) is 2.03. The van der Waals surface area contributed by atoms with E-state index in [1.165, 1.54) is 0 Å². The third-order valence-corrected chi connectivity index (χ3v) is 2.94. The van der Waals surface area contributed by atoms with Gasteiger partial charge >= 0.3 is 5.97 Å². The second kappa shape index (κ2) is 7.19. The van der Waals surface area contributed by atoms with Gasteiger partial charge in [0.2, 0.25) is 5.82 Å². The molecule has 0 fully saturated rings. The SMILES string of the molecule is CCCc1nc(C(=O)NCC(CC(C)(C)C)C(=O)O)n[nH]1. The van der Waals surface area contributed by atoms with Crippen molar-refractivity contribution in [3.63, 3.8) is 0 Å². The van der Waals surface area contributed by atoms with Crippen LogP contribution in [0.3, 0.4) is 0 Å². The van der Waals surface area contributed by atoms with Crippen LogP contribution in [-0.2, 0) is 11.2 Å². The van der Waals surface area contributed by atoms with E-state index < -0.39 is 17.8 Å². The van der Waals surface area contributed by atoms with E-state index in [-0.39, 0.29) is 17.8 Å². The normalized spacial score (nSPS) is 13.0. The van der Waals surface area contributed by atoms with Crippen LogP contribution in [0.2, 0.25) is 0 Å². The highest BCUT2D eigenvalue weighted by Gasteiger charge is 2.25. The quantitative estimate of drug-likeness (QED) is 0.708. The summed E-state index contributed by atoms with van der Waals surface area (Å²) in [6, 6.07) is 0. The van der Waals surface area contributed by atoms with E-state index in [2.05, 4.69) is 20.5 Å². The van der Waals surface area contributed by atoms with Gasteiger partial charge in [-0.1, -0.05) is 27.7 Å². The number of aromatic amines is 1. The van der Waals surface area contributed by atoms with Gasteiger partial charge in [0.15, 0.2) is 0 Å². The van der Waals surface area contributed by atoms with Crippen LogP contribution in [0.25, 0.3) is 0 Å². The number of amides is 1. The second-order valence-corrected chi connectivity index (χ2v) is 6.37. The van der Waals surface area contributed by atoms with Gasteiger partial charge in [-0.05, 0) is 18.3 Å². The first kappa shape index (κ1) is 17.1. The minimum absolute atomic E-state index is 0.0540. The molecule has 0 aliphatic carbocycles. The highest BCUT2D eigenvalue weighted by atomic mass is 16.4. The predicted molar refractivity (Wildman–Crippen MR) is 77.9 cm³/mol. The molecule has 0 radical (unpaired) electrons. The van der Waals surface area contributed by atoms with Crippen molar-refractivity contribution in [2.45, 2.75) is 47.0 Å². The predicted octanol–water partition coefficient (Wildman–Crippen LogP) is 1.62. The lowest BCUT2D eigenvalue weighted by Gasteiger charge is -2.23. The minimum Gasteiger partial charge on any atom is -0.481 e. The molecule has 1 aromatic heterocycles. The molecule has 0 aliphatic heterocycles. The van der Waals surface area contributed by atoms with Gasteiger partial charge in [0.1, 0.15) is 5.82 Å². The zero-order valence-electron chi connectivity index (χ0n) is 13.1. The smallest absolute Gasteiger partial charge is 0.308 e. The first-order valence-corrected chi connectivity index (χ1v) is 7.15. The summed E-state index contributed by atoms with van der Waals surface area (Å²) < 4.78 is 0. The van der Waals surface area contributed by atoms with E-state index in [1.807, 2.05) is 27.7 Å². The molecule has 118 valence electrons. The van der Waals surface area contributed by atoms with Gasteiger partial charge in [-0.3, -0.25) is 14.7 Å². The van der Waals surface area contributed by atoms with Crippen molar-refractivity contribution in [1.82, 2.24) is 20.5 Å². The Hall–Kier alpha value is -1.92. The van der Waals surface area contributed by atoms with Crippen LogP contribution in [-0.4, -0.2) is 38.7 Å². The van der Waals surface area contributed by atoms with E-state index >= 15 is 0 Å². The lowest BCUT2D eigenvalue weighted by atomic mass is 9.84. The topological polar surface area (TPSA) is 108 Å². The highest BCUT2D eigenvalue weighted by molar-refractivity contribution is 5.90. The van der Waals surface area contributed by atoms with Crippen molar-refractivity contribution in [3.05, 3.63) is 11.6 Å². The lowest BCUT2D eigenvalue weighted by Crippen LogP contribution is -2.35. The number of carbonyl (C=O) groups is 2. The molecule has 1 aromatic rings. The molecule has 1 amide bonds. The molecule has 0 bridgehead atoms. The van der Waals surface area contributed by atoms with E-state index in [0.29, 0.717) is 12.2 Å². The summed E-state index contributed by atoms with van der Waals surface area (Å²) in [7, 11) is 0. The van der Waals surface area contributed by atoms with Crippen LogP contribution in [0.5, 0.6) is 0 Å².